The second kappa shape index (κ2) is 13.8. The van der Waals surface area contributed by atoms with Crippen LogP contribution in [0.5, 0.6) is 11.5 Å². The molecule has 0 saturated carbocycles. The van der Waals surface area contributed by atoms with Crippen LogP contribution in [0.2, 0.25) is 0 Å². The Hall–Kier alpha value is -2.33. The van der Waals surface area contributed by atoms with Gasteiger partial charge in [-0.2, -0.15) is 0 Å². The molecule has 0 aliphatic heterocycles. The van der Waals surface area contributed by atoms with Gasteiger partial charge in [0.25, 0.3) is 0 Å². The van der Waals surface area contributed by atoms with Gasteiger partial charge in [0.2, 0.25) is 0 Å². The molecule has 2 aromatic rings. The van der Waals surface area contributed by atoms with E-state index in [0.717, 1.165) is 37.4 Å². The van der Waals surface area contributed by atoms with Crippen molar-refractivity contribution in [2.75, 3.05) is 13.2 Å². The van der Waals surface area contributed by atoms with E-state index in [-0.39, 0.29) is 12.1 Å². The smallest absolute Gasteiger partial charge is 0.343 e. The minimum absolute atomic E-state index is 0.0129. The highest BCUT2D eigenvalue weighted by Gasteiger charge is 2.11. The fourth-order valence-corrected chi connectivity index (χ4v) is 3.12. The van der Waals surface area contributed by atoms with Crippen molar-refractivity contribution in [3.63, 3.8) is 0 Å². The minimum Gasteiger partial charge on any atom is -0.494 e. The Kier molecular flexibility index (Phi) is 11.0. The molecule has 0 aliphatic rings. The van der Waals surface area contributed by atoms with Gasteiger partial charge >= 0.3 is 5.97 Å². The first-order chi connectivity index (χ1) is 14.6. The number of rotatable bonds is 14. The zero-order valence-electron chi connectivity index (χ0n) is 18.7. The number of benzene rings is 2. The van der Waals surface area contributed by atoms with Crippen LogP contribution in [-0.4, -0.2) is 19.2 Å². The van der Waals surface area contributed by atoms with Gasteiger partial charge in [-0.05, 0) is 61.7 Å². The van der Waals surface area contributed by atoms with Crippen LogP contribution in [0.25, 0.3) is 0 Å². The molecule has 0 amide bonds. The Morgan fingerprint density at radius 2 is 1.40 bits per heavy atom. The van der Waals surface area contributed by atoms with E-state index in [1.54, 1.807) is 24.3 Å². The van der Waals surface area contributed by atoms with E-state index in [0.29, 0.717) is 11.3 Å². The Labute approximate surface area is 181 Å². The summed E-state index contributed by atoms with van der Waals surface area (Å²) >= 11 is 0. The fourth-order valence-electron chi connectivity index (χ4n) is 3.12. The highest BCUT2D eigenvalue weighted by atomic mass is 16.5. The first-order valence-electron chi connectivity index (χ1n) is 11.3. The fraction of sp³-hybridized carbons (Fsp3) is 0.500. The maximum absolute atomic E-state index is 12.4. The van der Waals surface area contributed by atoms with E-state index < -0.39 is 0 Å². The maximum atomic E-state index is 12.4. The second-order valence-electron chi connectivity index (χ2n) is 7.61. The van der Waals surface area contributed by atoms with Crippen molar-refractivity contribution in [2.45, 2.75) is 71.8 Å². The molecule has 4 nitrogen and oxygen atoms in total. The first-order valence-corrected chi connectivity index (χ1v) is 11.3. The SMILES string of the molecule is CCCCCCCCOc1ccc(OC(=O)c2ccc(C(C)OCCC)cc2)cc1. The quantitative estimate of drug-likeness (QED) is 0.188. The summed E-state index contributed by atoms with van der Waals surface area (Å²) in [5.41, 5.74) is 1.57. The van der Waals surface area contributed by atoms with Crippen LogP contribution in [-0.2, 0) is 4.74 Å². The molecule has 2 rings (SSSR count). The summed E-state index contributed by atoms with van der Waals surface area (Å²) in [6.45, 7) is 7.77. The normalized spacial score (nSPS) is 11.8. The van der Waals surface area contributed by atoms with Gasteiger partial charge < -0.3 is 14.2 Å². The van der Waals surface area contributed by atoms with Gasteiger partial charge in [-0.15, -0.1) is 0 Å². The Bertz CT molecular complexity index is 722. The zero-order valence-corrected chi connectivity index (χ0v) is 18.7. The molecule has 0 aromatic heterocycles. The van der Waals surface area contributed by atoms with Crippen molar-refractivity contribution in [2.24, 2.45) is 0 Å². The third kappa shape index (κ3) is 8.58. The minimum atomic E-state index is -0.371. The summed E-state index contributed by atoms with van der Waals surface area (Å²) in [6, 6.07) is 14.6. The molecular formula is C26H36O4. The van der Waals surface area contributed by atoms with Crippen LogP contribution in [0, 0.1) is 0 Å². The van der Waals surface area contributed by atoms with Crippen LogP contribution in [0.15, 0.2) is 48.5 Å². The highest BCUT2D eigenvalue weighted by Crippen LogP contribution is 2.21. The molecule has 0 bridgehead atoms. The number of carbonyl (C=O) groups excluding carboxylic acids is 1. The van der Waals surface area contributed by atoms with Gasteiger partial charge in [-0.1, -0.05) is 58.1 Å². The van der Waals surface area contributed by atoms with Crippen LogP contribution in [0.4, 0.5) is 0 Å². The Balaban J connectivity index is 1.76. The van der Waals surface area contributed by atoms with Gasteiger partial charge in [-0.3, -0.25) is 0 Å². The van der Waals surface area contributed by atoms with Crippen LogP contribution in [0.3, 0.4) is 0 Å². The summed E-state index contributed by atoms with van der Waals surface area (Å²) in [4.78, 5) is 12.4. The molecule has 164 valence electrons. The van der Waals surface area contributed by atoms with Crippen LogP contribution >= 0.6 is 0 Å². The molecule has 0 radical (unpaired) electrons. The zero-order chi connectivity index (χ0) is 21.6. The van der Waals surface area contributed by atoms with Crippen LogP contribution in [0.1, 0.15) is 87.7 Å². The number of esters is 1. The third-order valence-electron chi connectivity index (χ3n) is 4.99. The molecule has 0 N–H and O–H groups in total. The maximum Gasteiger partial charge on any atom is 0.343 e. The summed E-state index contributed by atoms with van der Waals surface area (Å²) < 4.78 is 17.0. The van der Waals surface area contributed by atoms with Crippen molar-refractivity contribution in [3.05, 3.63) is 59.7 Å². The lowest BCUT2D eigenvalue weighted by Crippen LogP contribution is -2.09. The largest absolute Gasteiger partial charge is 0.494 e. The molecule has 0 heterocycles. The molecule has 4 heteroatoms. The molecule has 0 saturated heterocycles. The molecule has 1 atom stereocenters. The van der Waals surface area contributed by atoms with Gasteiger partial charge in [0.05, 0.1) is 18.3 Å². The molecule has 1 unspecified atom stereocenters. The lowest BCUT2D eigenvalue weighted by molar-refractivity contribution is 0.0660. The van der Waals surface area contributed by atoms with E-state index >= 15 is 0 Å². The lowest BCUT2D eigenvalue weighted by Gasteiger charge is -2.13. The lowest BCUT2D eigenvalue weighted by atomic mass is 10.1. The molecule has 2 aromatic carbocycles. The monoisotopic (exact) mass is 412 g/mol. The average Bonchev–Trinajstić information content (AvgIpc) is 2.78. The van der Waals surface area contributed by atoms with E-state index in [2.05, 4.69) is 13.8 Å². The predicted octanol–water partition coefficient (Wildman–Crippen LogP) is 7.13. The highest BCUT2D eigenvalue weighted by molar-refractivity contribution is 5.91. The number of hydrogen-bond donors (Lipinski definition) is 0. The molecule has 0 spiro atoms. The number of hydrogen-bond acceptors (Lipinski definition) is 4. The van der Waals surface area contributed by atoms with E-state index in [1.165, 1.54) is 32.1 Å². The topological polar surface area (TPSA) is 44.8 Å². The van der Waals surface area contributed by atoms with Crippen molar-refractivity contribution < 1.29 is 19.0 Å². The van der Waals surface area contributed by atoms with Gasteiger partial charge in [0.15, 0.2) is 0 Å². The van der Waals surface area contributed by atoms with Gasteiger partial charge in [0.1, 0.15) is 11.5 Å². The van der Waals surface area contributed by atoms with Crippen LogP contribution < -0.4 is 9.47 Å². The van der Waals surface area contributed by atoms with Crippen molar-refractivity contribution >= 4 is 5.97 Å². The van der Waals surface area contributed by atoms with E-state index in [1.807, 2.05) is 31.2 Å². The number of unbranched alkanes of at least 4 members (excludes halogenated alkanes) is 5. The number of carbonyl (C=O) groups is 1. The summed E-state index contributed by atoms with van der Waals surface area (Å²) in [6.07, 6.45) is 8.44. The molecular weight excluding hydrogens is 376 g/mol. The molecule has 30 heavy (non-hydrogen) atoms. The molecule has 0 aliphatic carbocycles. The van der Waals surface area contributed by atoms with Crippen molar-refractivity contribution in [1.82, 2.24) is 0 Å². The summed E-state index contributed by atoms with van der Waals surface area (Å²) in [5, 5.41) is 0. The first kappa shape index (κ1) is 23.9. The van der Waals surface area contributed by atoms with Gasteiger partial charge in [0, 0.05) is 6.61 Å². The number of ether oxygens (including phenoxy) is 3. The predicted molar refractivity (Wildman–Crippen MR) is 121 cm³/mol. The van der Waals surface area contributed by atoms with Gasteiger partial charge in [-0.25, -0.2) is 4.79 Å². The summed E-state index contributed by atoms with van der Waals surface area (Å²) in [7, 11) is 0. The van der Waals surface area contributed by atoms with E-state index in [4.69, 9.17) is 14.2 Å². The standard InChI is InChI=1S/C26H36O4/c1-4-6-7-8-9-10-20-29-24-15-17-25(18-16-24)30-26(27)23-13-11-22(12-14-23)21(3)28-19-5-2/h11-18,21H,4-10,19-20H2,1-3H3. The summed E-state index contributed by atoms with van der Waals surface area (Å²) in [5.74, 6) is 0.939. The van der Waals surface area contributed by atoms with Crippen molar-refractivity contribution in [1.29, 1.82) is 0 Å². The van der Waals surface area contributed by atoms with Crippen molar-refractivity contribution in [3.8, 4) is 11.5 Å². The average molecular weight is 413 g/mol. The second-order valence-corrected chi connectivity index (χ2v) is 7.61. The molecule has 0 fully saturated rings. The Morgan fingerprint density at radius 3 is 2.07 bits per heavy atom. The van der Waals surface area contributed by atoms with E-state index in [9.17, 15) is 4.79 Å². The Morgan fingerprint density at radius 1 is 0.767 bits per heavy atom. The third-order valence-corrected chi connectivity index (χ3v) is 4.99.